The Morgan fingerprint density at radius 1 is 1.25 bits per heavy atom. The number of halogens is 2. The van der Waals surface area contributed by atoms with Gasteiger partial charge < -0.3 is 19.9 Å². The number of ether oxygens (including phenoxy) is 2. The van der Waals surface area contributed by atoms with Crippen molar-refractivity contribution < 1.29 is 14.6 Å². The summed E-state index contributed by atoms with van der Waals surface area (Å²) in [5, 5.41) is 12.8. The molecule has 0 bridgehead atoms. The molecule has 90 valence electrons. The molecule has 1 rings (SSSR count). The van der Waals surface area contributed by atoms with Gasteiger partial charge in [-0.15, -0.1) is 0 Å². The fourth-order valence-electron chi connectivity index (χ4n) is 1.13. The summed E-state index contributed by atoms with van der Waals surface area (Å²) in [5.74, 6) is -0.121. The van der Waals surface area contributed by atoms with Crippen molar-refractivity contribution in [3.8, 4) is 5.75 Å². The molecule has 0 fully saturated rings. The van der Waals surface area contributed by atoms with Gasteiger partial charge in [0.1, 0.15) is 0 Å². The summed E-state index contributed by atoms with van der Waals surface area (Å²) in [6, 6.07) is 3.15. The summed E-state index contributed by atoms with van der Waals surface area (Å²) in [7, 11) is 3.10. The highest BCUT2D eigenvalue weighted by Crippen LogP contribution is 2.34. The summed E-state index contributed by atoms with van der Waals surface area (Å²) >= 11 is 11.5. The Labute approximate surface area is 104 Å². The molecule has 1 aromatic rings. The van der Waals surface area contributed by atoms with Crippen LogP contribution in [0.25, 0.3) is 0 Å². The predicted molar refractivity (Wildman–Crippen MR) is 64.4 cm³/mol. The largest absolute Gasteiger partial charge is 0.505 e. The first-order valence-corrected chi connectivity index (χ1v) is 5.31. The summed E-state index contributed by atoms with van der Waals surface area (Å²) in [4.78, 5) is 0. The van der Waals surface area contributed by atoms with Gasteiger partial charge in [-0.1, -0.05) is 23.2 Å². The van der Waals surface area contributed by atoms with Crippen molar-refractivity contribution >= 4 is 28.9 Å². The fourth-order valence-corrected chi connectivity index (χ4v) is 1.62. The Bertz CT molecular complexity index is 333. The van der Waals surface area contributed by atoms with E-state index in [-0.39, 0.29) is 22.1 Å². The molecule has 0 aliphatic heterocycles. The van der Waals surface area contributed by atoms with Crippen LogP contribution in [0.2, 0.25) is 10.0 Å². The molecule has 0 spiro atoms. The number of aromatic hydroxyl groups is 1. The Morgan fingerprint density at radius 2 is 1.75 bits per heavy atom. The van der Waals surface area contributed by atoms with Crippen molar-refractivity contribution in [3.05, 3.63) is 22.2 Å². The lowest BCUT2D eigenvalue weighted by atomic mass is 10.3. The molecule has 6 heteroatoms. The van der Waals surface area contributed by atoms with Crippen molar-refractivity contribution in [2.24, 2.45) is 0 Å². The first kappa shape index (κ1) is 13.4. The molecule has 0 atom stereocenters. The number of hydrogen-bond acceptors (Lipinski definition) is 4. The quantitative estimate of drug-likeness (QED) is 0.635. The molecule has 2 N–H and O–H groups in total. The lowest BCUT2D eigenvalue weighted by Gasteiger charge is -2.15. The minimum atomic E-state index is -0.355. The van der Waals surface area contributed by atoms with Crippen molar-refractivity contribution in [1.29, 1.82) is 0 Å². The van der Waals surface area contributed by atoms with Crippen LogP contribution in [0, 0.1) is 0 Å². The van der Waals surface area contributed by atoms with Crippen molar-refractivity contribution in [2.45, 2.75) is 6.29 Å². The van der Waals surface area contributed by atoms with Crippen LogP contribution in [0.5, 0.6) is 5.75 Å². The third kappa shape index (κ3) is 3.42. The maximum absolute atomic E-state index is 9.36. The Kier molecular flexibility index (Phi) is 5.15. The molecule has 4 nitrogen and oxygen atoms in total. The molecule has 0 amide bonds. The lowest BCUT2D eigenvalue weighted by Crippen LogP contribution is -2.23. The second kappa shape index (κ2) is 6.15. The molecule has 16 heavy (non-hydrogen) atoms. The first-order valence-electron chi connectivity index (χ1n) is 4.56. The van der Waals surface area contributed by atoms with Gasteiger partial charge in [-0.25, -0.2) is 0 Å². The van der Waals surface area contributed by atoms with E-state index >= 15 is 0 Å². The Balaban J connectivity index is 2.68. The summed E-state index contributed by atoms with van der Waals surface area (Å²) in [5.41, 5.74) is 0.687. The van der Waals surface area contributed by atoms with Gasteiger partial charge in [0.2, 0.25) is 0 Å². The number of phenolic OH excluding ortho intramolecular Hbond substituents is 1. The normalized spacial score (nSPS) is 10.8. The van der Waals surface area contributed by atoms with Crippen LogP contribution >= 0.6 is 23.2 Å². The van der Waals surface area contributed by atoms with Gasteiger partial charge in [0.25, 0.3) is 0 Å². The molecule has 0 saturated carbocycles. The van der Waals surface area contributed by atoms with E-state index in [9.17, 15) is 5.11 Å². The van der Waals surface area contributed by atoms with Gasteiger partial charge in [0.15, 0.2) is 12.0 Å². The van der Waals surface area contributed by atoms with E-state index in [4.69, 9.17) is 32.7 Å². The third-order valence-electron chi connectivity index (χ3n) is 2.02. The lowest BCUT2D eigenvalue weighted by molar-refractivity contribution is -0.0914. The number of hydrogen-bond donors (Lipinski definition) is 2. The number of nitrogens with one attached hydrogen (secondary N) is 1. The molecule has 0 saturated heterocycles. The van der Waals surface area contributed by atoms with E-state index in [1.54, 1.807) is 26.4 Å². The molecule has 0 unspecified atom stereocenters. The smallest absolute Gasteiger partial charge is 0.173 e. The molecular formula is C10H13Cl2NO3. The maximum atomic E-state index is 9.36. The van der Waals surface area contributed by atoms with Crippen molar-refractivity contribution in [3.63, 3.8) is 0 Å². The first-order chi connectivity index (χ1) is 7.58. The standard InChI is InChI=1S/C10H13Cl2NO3/c1-15-9(16-2)5-13-6-3-7(11)10(14)8(12)4-6/h3-4,9,13-14H,5H2,1-2H3. The van der Waals surface area contributed by atoms with E-state index in [1.165, 1.54) is 0 Å². The third-order valence-corrected chi connectivity index (χ3v) is 2.59. The summed E-state index contributed by atoms with van der Waals surface area (Å²) in [6.45, 7) is 0.449. The van der Waals surface area contributed by atoms with Gasteiger partial charge in [-0.2, -0.15) is 0 Å². The van der Waals surface area contributed by atoms with Crippen molar-refractivity contribution in [2.75, 3.05) is 26.1 Å². The van der Waals surface area contributed by atoms with Gasteiger partial charge in [0, 0.05) is 19.9 Å². The van der Waals surface area contributed by atoms with Crippen LogP contribution < -0.4 is 5.32 Å². The zero-order valence-corrected chi connectivity index (χ0v) is 10.5. The topological polar surface area (TPSA) is 50.7 Å². The monoisotopic (exact) mass is 265 g/mol. The average molecular weight is 266 g/mol. The Morgan fingerprint density at radius 3 is 2.19 bits per heavy atom. The Hall–Kier alpha value is -0.680. The van der Waals surface area contributed by atoms with Crippen LogP contribution in [0.1, 0.15) is 0 Å². The second-order valence-electron chi connectivity index (χ2n) is 3.07. The van der Waals surface area contributed by atoms with Gasteiger partial charge in [-0.05, 0) is 12.1 Å². The van der Waals surface area contributed by atoms with Crippen molar-refractivity contribution in [1.82, 2.24) is 0 Å². The van der Waals surface area contributed by atoms with E-state index in [2.05, 4.69) is 5.32 Å². The predicted octanol–water partition coefficient (Wildman–Crippen LogP) is 2.73. The summed E-state index contributed by atoms with van der Waals surface area (Å²) < 4.78 is 10.0. The molecule has 0 radical (unpaired) electrons. The van der Waals surface area contributed by atoms with Crippen LogP contribution in [0.15, 0.2) is 12.1 Å². The molecule has 0 aliphatic carbocycles. The molecule has 0 aliphatic rings. The highest BCUT2D eigenvalue weighted by Gasteiger charge is 2.08. The van der Waals surface area contributed by atoms with Gasteiger partial charge in [-0.3, -0.25) is 0 Å². The van der Waals surface area contributed by atoms with E-state index in [0.29, 0.717) is 12.2 Å². The maximum Gasteiger partial charge on any atom is 0.173 e. The molecule has 0 aromatic heterocycles. The van der Waals surface area contributed by atoms with Crippen LogP contribution in [0.3, 0.4) is 0 Å². The molecule has 1 aromatic carbocycles. The number of methoxy groups -OCH3 is 2. The number of benzene rings is 1. The van der Waals surface area contributed by atoms with E-state index < -0.39 is 0 Å². The molecular weight excluding hydrogens is 253 g/mol. The number of rotatable bonds is 5. The van der Waals surface area contributed by atoms with E-state index in [0.717, 1.165) is 0 Å². The van der Waals surface area contributed by atoms with Crippen LogP contribution in [0.4, 0.5) is 5.69 Å². The highest BCUT2D eigenvalue weighted by atomic mass is 35.5. The van der Waals surface area contributed by atoms with Crippen LogP contribution in [-0.2, 0) is 9.47 Å². The zero-order valence-electron chi connectivity index (χ0n) is 8.96. The SMILES string of the molecule is COC(CNc1cc(Cl)c(O)c(Cl)c1)OC. The van der Waals surface area contributed by atoms with Crippen LogP contribution in [-0.4, -0.2) is 32.2 Å². The summed E-state index contributed by atoms with van der Waals surface area (Å²) in [6.07, 6.45) is -0.355. The highest BCUT2D eigenvalue weighted by molar-refractivity contribution is 6.37. The average Bonchev–Trinajstić information content (AvgIpc) is 2.27. The minimum Gasteiger partial charge on any atom is -0.505 e. The van der Waals surface area contributed by atoms with Gasteiger partial charge in [0.05, 0.1) is 16.6 Å². The number of anilines is 1. The fraction of sp³-hybridized carbons (Fsp3) is 0.400. The zero-order chi connectivity index (χ0) is 12.1. The number of phenols is 1. The molecule has 0 heterocycles. The minimum absolute atomic E-state index is 0.121. The van der Waals surface area contributed by atoms with Gasteiger partial charge >= 0.3 is 0 Å². The van der Waals surface area contributed by atoms with E-state index in [1.807, 2.05) is 0 Å². The second-order valence-corrected chi connectivity index (χ2v) is 3.88.